The maximum atomic E-state index is 12.3. The third-order valence-electron chi connectivity index (χ3n) is 4.70. The fourth-order valence-electron chi connectivity index (χ4n) is 3.08. The summed E-state index contributed by atoms with van der Waals surface area (Å²) in [6.45, 7) is 1.67. The fourth-order valence-corrected chi connectivity index (χ4v) is 4.01. The van der Waals surface area contributed by atoms with Crippen LogP contribution in [0.3, 0.4) is 0 Å². The Kier molecular flexibility index (Phi) is 5.53. The lowest BCUT2D eigenvalue weighted by Crippen LogP contribution is -2.23. The standard InChI is InChI=1S/C20H24N2O4S/c1-14-7-10-18(27(24,25)22(2)3)12-19(14)21-20(23)13-26-17-9-8-15-5-4-6-16(15)11-17/h7-12H,4-6,13H2,1-3H3,(H,21,23). The van der Waals surface area contributed by atoms with Gasteiger partial charge < -0.3 is 10.1 Å². The molecule has 1 aliphatic rings. The second-order valence-electron chi connectivity index (χ2n) is 6.89. The molecule has 0 aromatic heterocycles. The van der Waals surface area contributed by atoms with Crippen molar-refractivity contribution in [3.8, 4) is 5.75 Å². The molecule has 6 nitrogen and oxygen atoms in total. The van der Waals surface area contributed by atoms with Crippen LogP contribution >= 0.6 is 0 Å². The van der Waals surface area contributed by atoms with Gasteiger partial charge in [-0.1, -0.05) is 12.1 Å². The van der Waals surface area contributed by atoms with Crippen molar-refractivity contribution in [3.63, 3.8) is 0 Å². The maximum absolute atomic E-state index is 12.3. The van der Waals surface area contributed by atoms with Gasteiger partial charge in [-0.05, 0) is 67.1 Å². The molecule has 2 aromatic carbocycles. The van der Waals surface area contributed by atoms with Gasteiger partial charge in [-0.25, -0.2) is 12.7 Å². The number of fused-ring (bicyclic) bond motifs is 1. The molecule has 0 bridgehead atoms. The molecule has 3 rings (SSSR count). The first-order valence-corrected chi connectivity index (χ1v) is 10.3. The van der Waals surface area contributed by atoms with E-state index < -0.39 is 10.0 Å². The van der Waals surface area contributed by atoms with Gasteiger partial charge in [0.25, 0.3) is 5.91 Å². The molecule has 0 unspecified atom stereocenters. The molecule has 0 spiro atoms. The highest BCUT2D eigenvalue weighted by atomic mass is 32.2. The molecule has 0 atom stereocenters. The van der Waals surface area contributed by atoms with Crippen LogP contribution in [0.1, 0.15) is 23.1 Å². The third kappa shape index (κ3) is 4.31. The summed E-state index contributed by atoms with van der Waals surface area (Å²) in [5, 5.41) is 2.74. The first-order valence-electron chi connectivity index (χ1n) is 8.85. The van der Waals surface area contributed by atoms with Gasteiger partial charge in [-0.15, -0.1) is 0 Å². The largest absolute Gasteiger partial charge is 0.484 e. The van der Waals surface area contributed by atoms with Crippen LogP contribution in [0.4, 0.5) is 5.69 Å². The maximum Gasteiger partial charge on any atom is 0.262 e. The van der Waals surface area contributed by atoms with Crippen LogP contribution < -0.4 is 10.1 Å². The Hall–Kier alpha value is -2.38. The minimum atomic E-state index is -3.56. The number of amides is 1. The molecular formula is C20H24N2O4S. The van der Waals surface area contributed by atoms with E-state index in [0.717, 1.165) is 29.1 Å². The minimum absolute atomic E-state index is 0.132. The number of carbonyl (C=O) groups is 1. The summed E-state index contributed by atoms with van der Waals surface area (Å²) >= 11 is 0. The molecule has 2 aromatic rings. The Morgan fingerprint density at radius 2 is 1.85 bits per heavy atom. The Balaban J connectivity index is 1.67. The Labute approximate surface area is 160 Å². The number of nitrogens with one attached hydrogen (secondary N) is 1. The minimum Gasteiger partial charge on any atom is -0.484 e. The van der Waals surface area contributed by atoms with Gasteiger partial charge in [0, 0.05) is 19.8 Å². The zero-order valence-electron chi connectivity index (χ0n) is 15.8. The molecule has 0 saturated carbocycles. The number of hydrogen-bond donors (Lipinski definition) is 1. The zero-order valence-corrected chi connectivity index (χ0v) is 16.6. The Morgan fingerprint density at radius 3 is 2.59 bits per heavy atom. The van der Waals surface area contributed by atoms with Gasteiger partial charge >= 0.3 is 0 Å². The number of hydrogen-bond acceptors (Lipinski definition) is 4. The van der Waals surface area contributed by atoms with Crippen LogP contribution in [0.25, 0.3) is 0 Å². The average Bonchev–Trinajstić information content (AvgIpc) is 3.09. The predicted molar refractivity (Wildman–Crippen MR) is 105 cm³/mol. The van der Waals surface area contributed by atoms with Crippen molar-refractivity contribution in [2.45, 2.75) is 31.1 Å². The molecule has 1 amide bonds. The molecular weight excluding hydrogens is 364 g/mol. The highest BCUT2D eigenvalue weighted by molar-refractivity contribution is 7.89. The van der Waals surface area contributed by atoms with Crippen molar-refractivity contribution in [2.75, 3.05) is 26.0 Å². The smallest absolute Gasteiger partial charge is 0.262 e. The highest BCUT2D eigenvalue weighted by Crippen LogP contribution is 2.26. The van der Waals surface area contributed by atoms with Crippen LogP contribution in [-0.4, -0.2) is 39.3 Å². The first kappa shape index (κ1) is 19.4. The van der Waals surface area contributed by atoms with Crippen LogP contribution in [0.15, 0.2) is 41.3 Å². The Bertz CT molecular complexity index is 968. The number of sulfonamides is 1. The van der Waals surface area contributed by atoms with Crippen molar-refractivity contribution in [1.82, 2.24) is 4.31 Å². The second kappa shape index (κ2) is 7.70. The molecule has 1 N–H and O–H groups in total. The van der Waals surface area contributed by atoms with E-state index in [9.17, 15) is 13.2 Å². The summed E-state index contributed by atoms with van der Waals surface area (Å²) in [5.41, 5.74) is 3.87. The number of aryl methyl sites for hydroxylation is 3. The lowest BCUT2D eigenvalue weighted by Gasteiger charge is -2.14. The van der Waals surface area contributed by atoms with Crippen molar-refractivity contribution in [3.05, 3.63) is 53.1 Å². The van der Waals surface area contributed by atoms with Crippen LogP contribution in [0.2, 0.25) is 0 Å². The normalized spacial score (nSPS) is 13.5. The molecule has 1 aliphatic carbocycles. The quantitative estimate of drug-likeness (QED) is 0.826. The monoisotopic (exact) mass is 388 g/mol. The van der Waals surface area contributed by atoms with Crippen molar-refractivity contribution < 1.29 is 17.9 Å². The molecule has 7 heteroatoms. The number of carbonyl (C=O) groups excluding carboxylic acids is 1. The van der Waals surface area contributed by atoms with E-state index in [0.29, 0.717) is 11.4 Å². The number of rotatable bonds is 6. The summed E-state index contributed by atoms with van der Waals surface area (Å²) in [7, 11) is -0.622. The number of anilines is 1. The molecule has 144 valence electrons. The zero-order chi connectivity index (χ0) is 19.6. The summed E-state index contributed by atoms with van der Waals surface area (Å²) < 4.78 is 31.3. The summed E-state index contributed by atoms with van der Waals surface area (Å²) in [4.78, 5) is 12.4. The topological polar surface area (TPSA) is 75.7 Å². The van der Waals surface area contributed by atoms with Crippen molar-refractivity contribution >= 4 is 21.6 Å². The lowest BCUT2D eigenvalue weighted by atomic mass is 10.1. The van der Waals surface area contributed by atoms with Gasteiger partial charge in [-0.3, -0.25) is 4.79 Å². The Morgan fingerprint density at radius 1 is 1.11 bits per heavy atom. The second-order valence-corrected chi connectivity index (χ2v) is 9.04. The molecule has 0 aliphatic heterocycles. The number of benzene rings is 2. The van der Waals surface area contributed by atoms with Crippen LogP contribution in [0, 0.1) is 6.92 Å². The summed E-state index contributed by atoms with van der Waals surface area (Å²) in [5.74, 6) is 0.337. The molecule has 0 fully saturated rings. The number of nitrogens with zero attached hydrogens (tertiary/aromatic N) is 1. The van der Waals surface area contributed by atoms with Gasteiger partial charge in [0.2, 0.25) is 10.0 Å². The molecule has 0 heterocycles. The van der Waals surface area contributed by atoms with E-state index in [1.165, 1.54) is 37.4 Å². The first-order chi connectivity index (χ1) is 12.8. The molecule has 0 radical (unpaired) electrons. The highest BCUT2D eigenvalue weighted by Gasteiger charge is 2.19. The van der Waals surface area contributed by atoms with Crippen LogP contribution in [0.5, 0.6) is 5.75 Å². The predicted octanol–water partition coefficient (Wildman–Crippen LogP) is 2.75. The fraction of sp³-hybridized carbons (Fsp3) is 0.350. The van der Waals surface area contributed by atoms with Gasteiger partial charge in [0.1, 0.15) is 5.75 Å². The summed E-state index contributed by atoms with van der Waals surface area (Å²) in [6.07, 6.45) is 3.30. The van der Waals surface area contributed by atoms with Gasteiger partial charge in [0.15, 0.2) is 6.61 Å². The SMILES string of the molecule is Cc1ccc(S(=O)(=O)N(C)C)cc1NC(=O)COc1ccc2c(c1)CCC2. The lowest BCUT2D eigenvalue weighted by molar-refractivity contribution is -0.118. The van der Waals surface area contributed by atoms with E-state index in [1.807, 2.05) is 19.1 Å². The van der Waals surface area contributed by atoms with E-state index in [4.69, 9.17) is 4.74 Å². The van der Waals surface area contributed by atoms with E-state index in [-0.39, 0.29) is 17.4 Å². The number of ether oxygens (including phenoxy) is 1. The average molecular weight is 388 g/mol. The van der Waals surface area contributed by atoms with Crippen molar-refractivity contribution in [1.29, 1.82) is 0 Å². The van der Waals surface area contributed by atoms with Crippen molar-refractivity contribution in [2.24, 2.45) is 0 Å². The van der Waals surface area contributed by atoms with Gasteiger partial charge in [0.05, 0.1) is 4.90 Å². The third-order valence-corrected chi connectivity index (χ3v) is 6.51. The van der Waals surface area contributed by atoms with Gasteiger partial charge in [-0.2, -0.15) is 0 Å². The molecule has 0 saturated heterocycles. The molecule has 27 heavy (non-hydrogen) atoms. The van der Waals surface area contributed by atoms with E-state index in [1.54, 1.807) is 6.07 Å². The summed E-state index contributed by atoms with van der Waals surface area (Å²) in [6, 6.07) is 10.6. The van der Waals surface area contributed by atoms with Crippen LogP contribution in [-0.2, 0) is 27.7 Å². The van der Waals surface area contributed by atoms with E-state index >= 15 is 0 Å². The van der Waals surface area contributed by atoms with E-state index in [2.05, 4.69) is 11.4 Å².